The van der Waals surface area contributed by atoms with E-state index in [2.05, 4.69) is 15.5 Å². The summed E-state index contributed by atoms with van der Waals surface area (Å²) < 4.78 is 11.1. The number of rotatable bonds is 8. The first-order valence-corrected chi connectivity index (χ1v) is 11.3. The number of hydrazone groups is 1. The van der Waals surface area contributed by atoms with Gasteiger partial charge in [-0.3, -0.25) is 5.43 Å². The van der Waals surface area contributed by atoms with Gasteiger partial charge in [-0.25, -0.2) is 9.78 Å². The number of thiazole rings is 1. The quantitative estimate of drug-likeness (QED) is 0.156. The fraction of sp³-hybridized carbons (Fsp3) is 0.0870. The van der Waals surface area contributed by atoms with Crippen molar-refractivity contribution in [2.45, 2.75) is 6.92 Å². The number of carbonyl (C=O) groups is 1. The van der Waals surface area contributed by atoms with E-state index >= 15 is 0 Å². The predicted molar refractivity (Wildman–Crippen MR) is 126 cm³/mol. The molecule has 2 aromatic carbocycles. The molecule has 0 atom stereocenters. The Morgan fingerprint density at radius 3 is 2.74 bits per heavy atom. The van der Waals surface area contributed by atoms with Crippen molar-refractivity contribution in [1.29, 1.82) is 0 Å². The number of hydrogen-bond acceptors (Lipinski definition) is 8. The van der Waals surface area contributed by atoms with Crippen molar-refractivity contribution >= 4 is 40.0 Å². The summed E-state index contributed by atoms with van der Waals surface area (Å²) in [6.07, 6.45) is 1.66. The Kier molecular flexibility index (Phi) is 6.71. The van der Waals surface area contributed by atoms with Crippen LogP contribution in [-0.2, 0) is 0 Å². The molecule has 0 spiro atoms. The molecular weight excluding hydrogens is 430 g/mol. The average molecular weight is 450 g/mol. The number of carbonyl (C=O) groups excluding carboxylic acids is 1. The van der Waals surface area contributed by atoms with Gasteiger partial charge < -0.3 is 9.47 Å². The number of aromatic nitrogens is 1. The molecule has 31 heavy (non-hydrogen) atoms. The molecule has 0 radical (unpaired) electrons. The van der Waals surface area contributed by atoms with Crippen LogP contribution in [0.4, 0.5) is 5.13 Å². The molecule has 0 amide bonds. The van der Waals surface area contributed by atoms with Crippen LogP contribution in [-0.4, -0.2) is 23.8 Å². The minimum atomic E-state index is -0.406. The highest BCUT2D eigenvalue weighted by Gasteiger charge is 2.14. The van der Waals surface area contributed by atoms with E-state index in [1.54, 1.807) is 24.4 Å². The lowest BCUT2D eigenvalue weighted by Crippen LogP contribution is -2.08. The lowest BCUT2D eigenvalue weighted by Gasteiger charge is -2.10. The molecule has 4 aromatic rings. The van der Waals surface area contributed by atoms with Crippen molar-refractivity contribution in [3.63, 3.8) is 0 Å². The van der Waals surface area contributed by atoms with Crippen LogP contribution in [0.3, 0.4) is 0 Å². The SMILES string of the molecule is CCOc1cc(C=NNc2nc(-c3ccccc3)cs2)ccc1OC(=O)c1cccs1. The van der Waals surface area contributed by atoms with E-state index in [1.165, 1.54) is 22.7 Å². The maximum absolute atomic E-state index is 12.2. The molecule has 156 valence electrons. The second kappa shape index (κ2) is 10.0. The molecule has 8 heteroatoms. The molecule has 2 aromatic heterocycles. The minimum absolute atomic E-state index is 0.373. The first-order chi connectivity index (χ1) is 15.2. The van der Waals surface area contributed by atoms with Gasteiger partial charge in [0.05, 0.1) is 18.5 Å². The van der Waals surface area contributed by atoms with Gasteiger partial charge in [0, 0.05) is 10.9 Å². The Hall–Kier alpha value is -3.49. The molecule has 0 saturated carbocycles. The van der Waals surface area contributed by atoms with Crippen molar-refractivity contribution in [3.8, 4) is 22.8 Å². The molecule has 0 aliphatic carbocycles. The van der Waals surface area contributed by atoms with Gasteiger partial charge >= 0.3 is 5.97 Å². The Balaban J connectivity index is 1.43. The zero-order valence-corrected chi connectivity index (χ0v) is 18.3. The van der Waals surface area contributed by atoms with Crippen LogP contribution in [0.5, 0.6) is 11.5 Å². The second-order valence-electron chi connectivity index (χ2n) is 6.28. The van der Waals surface area contributed by atoms with Gasteiger partial charge in [-0.05, 0) is 42.1 Å². The van der Waals surface area contributed by atoms with Gasteiger partial charge in [0.25, 0.3) is 0 Å². The summed E-state index contributed by atoms with van der Waals surface area (Å²) in [5.41, 5.74) is 5.71. The number of benzene rings is 2. The van der Waals surface area contributed by atoms with Crippen molar-refractivity contribution in [1.82, 2.24) is 4.98 Å². The maximum Gasteiger partial charge on any atom is 0.353 e. The molecule has 0 fully saturated rings. The Morgan fingerprint density at radius 1 is 1.10 bits per heavy atom. The van der Waals surface area contributed by atoms with Crippen LogP contribution in [0.25, 0.3) is 11.3 Å². The van der Waals surface area contributed by atoms with Crippen LogP contribution in [0, 0.1) is 0 Å². The lowest BCUT2D eigenvalue weighted by molar-refractivity contribution is 0.0733. The van der Waals surface area contributed by atoms with E-state index in [0.717, 1.165) is 16.8 Å². The van der Waals surface area contributed by atoms with Crippen LogP contribution in [0.1, 0.15) is 22.2 Å². The summed E-state index contributed by atoms with van der Waals surface area (Å²) in [6.45, 7) is 2.32. The molecule has 0 saturated heterocycles. The molecule has 1 N–H and O–H groups in total. The smallest absolute Gasteiger partial charge is 0.353 e. The minimum Gasteiger partial charge on any atom is -0.490 e. The Bertz CT molecular complexity index is 1170. The molecule has 0 bridgehead atoms. The van der Waals surface area contributed by atoms with Gasteiger partial charge in [-0.2, -0.15) is 5.10 Å². The van der Waals surface area contributed by atoms with Gasteiger partial charge in [0.1, 0.15) is 4.88 Å². The predicted octanol–water partition coefficient (Wildman–Crippen LogP) is 5.94. The first-order valence-electron chi connectivity index (χ1n) is 9.55. The zero-order chi connectivity index (χ0) is 21.5. The summed E-state index contributed by atoms with van der Waals surface area (Å²) in [7, 11) is 0. The standard InChI is InChI=1S/C23H19N3O3S2/c1-2-28-20-13-16(10-11-19(20)29-22(27)21-9-6-12-30-21)14-24-26-23-25-18(15-31-23)17-7-4-3-5-8-17/h3-15H,2H2,1H3,(H,25,26). The summed E-state index contributed by atoms with van der Waals surface area (Å²) in [5.74, 6) is 0.451. The normalized spacial score (nSPS) is 10.9. The van der Waals surface area contributed by atoms with Crippen molar-refractivity contribution < 1.29 is 14.3 Å². The van der Waals surface area contributed by atoms with Crippen molar-refractivity contribution in [2.75, 3.05) is 12.0 Å². The molecule has 0 unspecified atom stereocenters. The maximum atomic E-state index is 12.2. The number of anilines is 1. The van der Waals surface area contributed by atoms with Crippen LogP contribution >= 0.6 is 22.7 Å². The topological polar surface area (TPSA) is 72.8 Å². The van der Waals surface area contributed by atoms with Gasteiger partial charge in [-0.15, -0.1) is 22.7 Å². The lowest BCUT2D eigenvalue weighted by atomic mass is 10.2. The summed E-state index contributed by atoms with van der Waals surface area (Å²) in [6, 6.07) is 18.8. The molecule has 4 rings (SSSR count). The summed E-state index contributed by atoms with van der Waals surface area (Å²) >= 11 is 2.81. The fourth-order valence-electron chi connectivity index (χ4n) is 2.73. The van der Waals surface area contributed by atoms with Crippen LogP contribution in [0.15, 0.2) is 76.5 Å². The van der Waals surface area contributed by atoms with E-state index in [4.69, 9.17) is 9.47 Å². The average Bonchev–Trinajstić information content (AvgIpc) is 3.49. The van der Waals surface area contributed by atoms with Gasteiger partial charge in [0.15, 0.2) is 11.5 Å². The van der Waals surface area contributed by atoms with Crippen molar-refractivity contribution in [2.24, 2.45) is 5.10 Å². The zero-order valence-electron chi connectivity index (χ0n) is 16.6. The van der Waals surface area contributed by atoms with Crippen LogP contribution < -0.4 is 14.9 Å². The molecular formula is C23H19N3O3S2. The van der Waals surface area contributed by atoms with Gasteiger partial charge in [0.2, 0.25) is 5.13 Å². The highest BCUT2D eigenvalue weighted by atomic mass is 32.1. The number of nitrogens with one attached hydrogen (secondary N) is 1. The third kappa shape index (κ3) is 5.36. The summed E-state index contributed by atoms with van der Waals surface area (Å²) in [5, 5.41) is 8.77. The highest BCUT2D eigenvalue weighted by molar-refractivity contribution is 7.14. The third-order valence-corrected chi connectivity index (χ3v) is 5.74. The number of ether oxygens (including phenoxy) is 2. The number of hydrogen-bond donors (Lipinski definition) is 1. The van der Waals surface area contributed by atoms with E-state index in [1.807, 2.05) is 60.1 Å². The van der Waals surface area contributed by atoms with E-state index < -0.39 is 5.97 Å². The van der Waals surface area contributed by atoms with E-state index in [9.17, 15) is 4.79 Å². The molecule has 0 aliphatic heterocycles. The molecule has 6 nitrogen and oxygen atoms in total. The van der Waals surface area contributed by atoms with Gasteiger partial charge in [-0.1, -0.05) is 36.4 Å². The molecule has 0 aliphatic rings. The fourth-order valence-corrected chi connectivity index (χ4v) is 4.00. The first kappa shape index (κ1) is 20.8. The van der Waals surface area contributed by atoms with E-state index in [-0.39, 0.29) is 0 Å². The van der Waals surface area contributed by atoms with Crippen LogP contribution in [0.2, 0.25) is 0 Å². The monoisotopic (exact) mass is 449 g/mol. The second-order valence-corrected chi connectivity index (χ2v) is 8.09. The summed E-state index contributed by atoms with van der Waals surface area (Å²) in [4.78, 5) is 17.3. The van der Waals surface area contributed by atoms with E-state index in [0.29, 0.717) is 28.1 Å². The number of esters is 1. The number of thiophene rings is 1. The highest BCUT2D eigenvalue weighted by Crippen LogP contribution is 2.29. The van der Waals surface area contributed by atoms with Crippen molar-refractivity contribution in [3.05, 3.63) is 81.9 Å². The number of nitrogens with zero attached hydrogens (tertiary/aromatic N) is 2. The third-order valence-electron chi connectivity index (χ3n) is 4.14. The Morgan fingerprint density at radius 2 is 1.97 bits per heavy atom. The Labute approximate surface area is 187 Å². The largest absolute Gasteiger partial charge is 0.490 e. The molecule has 2 heterocycles.